The normalized spacial score (nSPS) is 11.3. The Labute approximate surface area is 131 Å². The topological polar surface area (TPSA) is 67.4 Å². The molecule has 0 atom stereocenters. The molecule has 0 heterocycles. The Balaban J connectivity index is 2.37. The molecule has 2 amide bonds. The van der Waals surface area contributed by atoms with Crippen molar-refractivity contribution < 1.29 is 14.3 Å². The summed E-state index contributed by atoms with van der Waals surface area (Å²) in [5.41, 5.74) is 1.27. The van der Waals surface area contributed by atoms with E-state index in [4.69, 9.17) is 4.74 Å². The highest BCUT2D eigenvalue weighted by atomic mass is 16.6. The zero-order valence-corrected chi connectivity index (χ0v) is 13.6. The summed E-state index contributed by atoms with van der Waals surface area (Å²) in [6.07, 6.45) is 4.20. The average Bonchev–Trinajstić information content (AvgIpc) is 2.35. The van der Waals surface area contributed by atoms with Crippen LogP contribution in [0.3, 0.4) is 0 Å². The first-order valence-corrected chi connectivity index (χ1v) is 7.27. The minimum atomic E-state index is -0.482. The quantitative estimate of drug-likeness (QED) is 0.817. The van der Waals surface area contributed by atoms with Crippen LogP contribution in [0.2, 0.25) is 0 Å². The number of ether oxygens (including phenoxy) is 1. The number of amides is 2. The van der Waals surface area contributed by atoms with Crippen LogP contribution in [0, 0.1) is 0 Å². The van der Waals surface area contributed by atoms with E-state index in [0.29, 0.717) is 13.0 Å². The lowest BCUT2D eigenvalue weighted by Gasteiger charge is -2.19. The zero-order chi connectivity index (χ0) is 16.6. The molecule has 0 spiro atoms. The highest BCUT2D eigenvalue weighted by molar-refractivity contribution is 5.88. The van der Waals surface area contributed by atoms with Crippen molar-refractivity contribution >= 4 is 23.8 Å². The molecule has 0 saturated carbocycles. The van der Waals surface area contributed by atoms with E-state index in [9.17, 15) is 9.59 Å². The van der Waals surface area contributed by atoms with Gasteiger partial charge in [0.1, 0.15) is 5.60 Å². The molecule has 1 aromatic carbocycles. The summed E-state index contributed by atoms with van der Waals surface area (Å²) in [4.78, 5) is 22.4. The molecule has 1 rings (SSSR count). The average molecular weight is 304 g/mol. The molecule has 1 aromatic rings. The Hall–Kier alpha value is -2.30. The van der Waals surface area contributed by atoms with Crippen molar-refractivity contribution in [2.24, 2.45) is 0 Å². The van der Waals surface area contributed by atoms with Gasteiger partial charge in [0.25, 0.3) is 0 Å². The Bertz CT molecular complexity index is 545. The van der Waals surface area contributed by atoms with Crippen LogP contribution >= 0.6 is 0 Å². The number of carbonyl (C=O) groups excluding carboxylic acids is 2. The second kappa shape index (κ2) is 8.22. The molecule has 0 unspecified atom stereocenters. The van der Waals surface area contributed by atoms with Gasteiger partial charge in [0.05, 0.1) is 0 Å². The van der Waals surface area contributed by atoms with E-state index in [1.165, 1.54) is 6.92 Å². The zero-order valence-electron chi connectivity index (χ0n) is 13.6. The maximum Gasteiger partial charge on any atom is 0.407 e. The van der Waals surface area contributed by atoms with Gasteiger partial charge in [-0.15, -0.1) is 0 Å². The Morgan fingerprint density at radius 2 is 2.00 bits per heavy atom. The Morgan fingerprint density at radius 1 is 1.27 bits per heavy atom. The number of rotatable bonds is 5. The highest BCUT2D eigenvalue weighted by Crippen LogP contribution is 2.12. The molecule has 0 aliphatic heterocycles. The molecule has 0 bridgehead atoms. The van der Waals surface area contributed by atoms with E-state index in [1.54, 1.807) is 0 Å². The first-order valence-electron chi connectivity index (χ1n) is 7.27. The summed E-state index contributed by atoms with van der Waals surface area (Å²) in [5, 5.41) is 5.43. The SMILES string of the molecule is CC(=O)Nc1cccc(C=CCCNC(=O)OC(C)(C)C)c1. The molecule has 0 fully saturated rings. The van der Waals surface area contributed by atoms with Crippen molar-refractivity contribution in [2.75, 3.05) is 11.9 Å². The van der Waals surface area contributed by atoms with E-state index in [-0.39, 0.29) is 5.91 Å². The maximum absolute atomic E-state index is 11.4. The minimum Gasteiger partial charge on any atom is -0.444 e. The lowest BCUT2D eigenvalue weighted by Crippen LogP contribution is -2.32. The number of benzene rings is 1. The lowest BCUT2D eigenvalue weighted by atomic mass is 10.1. The van der Waals surface area contributed by atoms with Crippen molar-refractivity contribution in [1.82, 2.24) is 5.32 Å². The van der Waals surface area contributed by atoms with Crippen LogP contribution in [0.5, 0.6) is 0 Å². The van der Waals surface area contributed by atoms with Crippen LogP contribution in [-0.4, -0.2) is 24.1 Å². The summed E-state index contributed by atoms with van der Waals surface area (Å²) < 4.78 is 5.14. The third kappa shape index (κ3) is 8.09. The standard InChI is InChI=1S/C17H24N2O3/c1-13(20)19-15-10-7-9-14(12-15)8-5-6-11-18-16(21)22-17(2,3)4/h5,7-10,12H,6,11H2,1-4H3,(H,18,21)(H,19,20). The van der Waals surface area contributed by atoms with E-state index >= 15 is 0 Å². The number of nitrogens with one attached hydrogen (secondary N) is 2. The van der Waals surface area contributed by atoms with E-state index < -0.39 is 11.7 Å². The molecule has 120 valence electrons. The highest BCUT2D eigenvalue weighted by Gasteiger charge is 2.15. The number of carbonyl (C=O) groups is 2. The van der Waals surface area contributed by atoms with Crippen molar-refractivity contribution in [3.05, 3.63) is 35.9 Å². The fraction of sp³-hybridized carbons (Fsp3) is 0.412. The largest absolute Gasteiger partial charge is 0.444 e. The van der Waals surface area contributed by atoms with Crippen molar-refractivity contribution in [3.8, 4) is 0 Å². The summed E-state index contributed by atoms with van der Waals surface area (Å²) in [5.74, 6) is -0.0947. The molecule has 0 aliphatic carbocycles. The number of anilines is 1. The maximum atomic E-state index is 11.4. The van der Waals surface area contributed by atoms with Gasteiger partial charge in [-0.1, -0.05) is 24.3 Å². The molecular weight excluding hydrogens is 280 g/mol. The van der Waals surface area contributed by atoms with E-state index in [0.717, 1.165) is 11.3 Å². The third-order valence-electron chi connectivity index (χ3n) is 2.50. The molecule has 22 heavy (non-hydrogen) atoms. The second-order valence-electron chi connectivity index (χ2n) is 5.93. The van der Waals surface area contributed by atoms with Crippen molar-refractivity contribution in [1.29, 1.82) is 0 Å². The van der Waals surface area contributed by atoms with Gasteiger partial charge in [0.2, 0.25) is 5.91 Å². The molecule has 0 saturated heterocycles. The van der Waals surface area contributed by atoms with Crippen LogP contribution in [0.1, 0.15) is 39.7 Å². The van der Waals surface area contributed by atoms with Gasteiger partial charge in [-0.05, 0) is 44.9 Å². The lowest BCUT2D eigenvalue weighted by molar-refractivity contribution is -0.114. The predicted octanol–water partition coefficient (Wildman–Crippen LogP) is 3.57. The van der Waals surface area contributed by atoms with Crippen LogP contribution in [0.25, 0.3) is 6.08 Å². The monoisotopic (exact) mass is 304 g/mol. The summed E-state index contributed by atoms with van der Waals surface area (Å²) in [6.45, 7) is 7.47. The van der Waals surface area contributed by atoms with Gasteiger partial charge in [-0.25, -0.2) is 4.79 Å². The molecule has 0 aromatic heterocycles. The Morgan fingerprint density at radius 3 is 2.64 bits per heavy atom. The molecular formula is C17H24N2O3. The second-order valence-corrected chi connectivity index (χ2v) is 5.93. The smallest absolute Gasteiger partial charge is 0.407 e. The molecule has 5 nitrogen and oxygen atoms in total. The molecule has 2 N–H and O–H groups in total. The number of alkyl carbamates (subject to hydrolysis) is 1. The first-order chi connectivity index (χ1) is 10.3. The summed E-state index contributed by atoms with van der Waals surface area (Å²) in [6, 6.07) is 7.55. The molecule has 0 radical (unpaired) electrons. The van der Waals surface area contributed by atoms with Gasteiger partial charge in [-0.3, -0.25) is 4.79 Å². The third-order valence-corrected chi connectivity index (χ3v) is 2.50. The van der Waals surface area contributed by atoms with E-state index in [2.05, 4.69) is 10.6 Å². The van der Waals surface area contributed by atoms with E-state index in [1.807, 2.05) is 57.2 Å². The fourth-order valence-electron chi connectivity index (χ4n) is 1.71. The number of hydrogen-bond acceptors (Lipinski definition) is 3. The van der Waals surface area contributed by atoms with Crippen LogP contribution in [0.4, 0.5) is 10.5 Å². The van der Waals surface area contributed by atoms with Crippen LogP contribution < -0.4 is 10.6 Å². The number of hydrogen-bond donors (Lipinski definition) is 2. The fourth-order valence-corrected chi connectivity index (χ4v) is 1.71. The van der Waals surface area contributed by atoms with Crippen molar-refractivity contribution in [2.45, 2.75) is 39.7 Å². The Kier molecular flexibility index (Phi) is 6.63. The summed E-state index contributed by atoms with van der Waals surface area (Å²) in [7, 11) is 0. The van der Waals surface area contributed by atoms with Gasteiger partial charge >= 0.3 is 6.09 Å². The minimum absolute atomic E-state index is 0.0947. The van der Waals surface area contributed by atoms with Gasteiger partial charge in [0, 0.05) is 19.2 Å². The predicted molar refractivity (Wildman–Crippen MR) is 88.6 cm³/mol. The van der Waals surface area contributed by atoms with Gasteiger partial charge in [0.15, 0.2) is 0 Å². The molecule has 0 aliphatic rings. The summed E-state index contributed by atoms with van der Waals surface area (Å²) >= 11 is 0. The first kappa shape index (κ1) is 17.8. The van der Waals surface area contributed by atoms with Gasteiger partial charge in [-0.2, -0.15) is 0 Å². The van der Waals surface area contributed by atoms with Gasteiger partial charge < -0.3 is 15.4 Å². The van der Waals surface area contributed by atoms with Crippen molar-refractivity contribution in [3.63, 3.8) is 0 Å². The van der Waals surface area contributed by atoms with Crippen LogP contribution in [-0.2, 0) is 9.53 Å². The van der Waals surface area contributed by atoms with Crippen LogP contribution in [0.15, 0.2) is 30.3 Å². The molecule has 5 heteroatoms.